The van der Waals surface area contributed by atoms with Gasteiger partial charge in [-0.1, -0.05) is 24.3 Å². The Hall–Kier alpha value is -4.06. The number of carbonyl (C=O) groups excluding carboxylic acids is 1. The summed E-state index contributed by atoms with van der Waals surface area (Å²) in [4.78, 5) is 25.1. The zero-order valence-corrected chi connectivity index (χ0v) is 18.0. The highest BCUT2D eigenvalue weighted by Crippen LogP contribution is 2.30. The molecule has 6 nitrogen and oxygen atoms in total. The average Bonchev–Trinajstić information content (AvgIpc) is 2.80. The van der Waals surface area contributed by atoms with E-state index in [1.54, 1.807) is 56.7 Å². The molecule has 0 amide bonds. The topological polar surface area (TPSA) is 75.0 Å². The molecule has 0 spiro atoms. The summed E-state index contributed by atoms with van der Waals surface area (Å²) in [6.07, 6.45) is 0.113. The maximum Gasteiger partial charge on any atom is 0.344 e. The first kappa shape index (κ1) is 21.2. The summed E-state index contributed by atoms with van der Waals surface area (Å²) in [5.41, 5.74) is 2.74. The molecule has 4 aromatic rings. The molecule has 6 heteroatoms. The summed E-state index contributed by atoms with van der Waals surface area (Å²) in [5, 5.41) is 0.769. The summed E-state index contributed by atoms with van der Waals surface area (Å²) in [7, 11) is 3.18. The van der Waals surface area contributed by atoms with Crippen molar-refractivity contribution in [3.8, 4) is 28.4 Å². The van der Waals surface area contributed by atoms with Crippen molar-refractivity contribution in [2.75, 3.05) is 14.2 Å². The van der Waals surface area contributed by atoms with Crippen molar-refractivity contribution in [3.05, 3.63) is 88.3 Å². The number of aryl methyl sites for hydroxylation is 1. The van der Waals surface area contributed by atoms with Crippen molar-refractivity contribution in [2.45, 2.75) is 13.3 Å². The maximum absolute atomic E-state index is 12.7. The molecule has 0 aliphatic carbocycles. The van der Waals surface area contributed by atoms with Crippen LogP contribution in [0.25, 0.3) is 22.1 Å². The molecule has 0 atom stereocenters. The molecule has 0 aliphatic rings. The number of methoxy groups -OCH3 is 2. The quantitative estimate of drug-likeness (QED) is 0.245. The van der Waals surface area contributed by atoms with E-state index in [0.717, 1.165) is 27.8 Å². The fraction of sp³-hybridized carbons (Fsp3) is 0.154. The number of hydrogen-bond donors (Lipinski definition) is 0. The lowest BCUT2D eigenvalue weighted by Gasteiger charge is -2.10. The van der Waals surface area contributed by atoms with E-state index in [-0.39, 0.29) is 6.42 Å². The minimum absolute atomic E-state index is 0.113. The van der Waals surface area contributed by atoms with E-state index in [1.807, 2.05) is 31.2 Å². The van der Waals surface area contributed by atoms with E-state index in [2.05, 4.69) is 0 Å². The molecule has 0 N–H and O–H groups in total. The molecule has 0 radical (unpaired) electrons. The largest absolute Gasteiger partial charge is 0.497 e. The van der Waals surface area contributed by atoms with E-state index >= 15 is 0 Å². The second kappa shape index (κ2) is 8.98. The Morgan fingerprint density at radius 1 is 0.844 bits per heavy atom. The van der Waals surface area contributed by atoms with Crippen LogP contribution < -0.4 is 19.8 Å². The molecular formula is C26H22O6. The first-order chi connectivity index (χ1) is 15.5. The van der Waals surface area contributed by atoms with Gasteiger partial charge in [0.2, 0.25) is 0 Å². The average molecular weight is 430 g/mol. The van der Waals surface area contributed by atoms with Crippen LogP contribution in [0.2, 0.25) is 0 Å². The number of esters is 1. The van der Waals surface area contributed by atoms with Crippen molar-refractivity contribution in [1.82, 2.24) is 0 Å². The van der Waals surface area contributed by atoms with Gasteiger partial charge < -0.3 is 18.6 Å². The van der Waals surface area contributed by atoms with Crippen LogP contribution in [0.1, 0.15) is 11.1 Å². The van der Waals surface area contributed by atoms with Crippen LogP contribution in [0.5, 0.6) is 17.2 Å². The zero-order valence-electron chi connectivity index (χ0n) is 18.0. The smallest absolute Gasteiger partial charge is 0.344 e. The third-order valence-electron chi connectivity index (χ3n) is 5.26. The van der Waals surface area contributed by atoms with Crippen LogP contribution in [-0.2, 0) is 11.2 Å². The molecule has 32 heavy (non-hydrogen) atoms. The van der Waals surface area contributed by atoms with Crippen LogP contribution >= 0.6 is 0 Å². The lowest BCUT2D eigenvalue weighted by molar-refractivity contribution is -0.133. The Labute approximate surface area is 185 Å². The molecule has 162 valence electrons. The Bertz CT molecular complexity index is 1320. The van der Waals surface area contributed by atoms with Crippen LogP contribution in [0.3, 0.4) is 0 Å². The molecule has 0 saturated heterocycles. The molecule has 1 heterocycles. The van der Waals surface area contributed by atoms with E-state index in [4.69, 9.17) is 18.6 Å². The van der Waals surface area contributed by atoms with Crippen LogP contribution in [0.15, 0.2) is 75.9 Å². The minimum Gasteiger partial charge on any atom is -0.497 e. The number of rotatable bonds is 6. The van der Waals surface area contributed by atoms with Crippen molar-refractivity contribution in [1.29, 1.82) is 0 Å². The monoisotopic (exact) mass is 430 g/mol. The fourth-order valence-corrected chi connectivity index (χ4v) is 3.57. The normalized spacial score (nSPS) is 10.7. The number of fused-ring (bicyclic) bond motifs is 1. The molecule has 0 saturated carbocycles. The Morgan fingerprint density at radius 2 is 1.44 bits per heavy atom. The number of benzene rings is 3. The van der Waals surface area contributed by atoms with Gasteiger partial charge in [-0.2, -0.15) is 0 Å². The fourth-order valence-electron chi connectivity index (χ4n) is 3.57. The summed E-state index contributed by atoms with van der Waals surface area (Å²) in [6, 6.07) is 19.5. The third-order valence-corrected chi connectivity index (χ3v) is 5.26. The van der Waals surface area contributed by atoms with Gasteiger partial charge >= 0.3 is 11.6 Å². The van der Waals surface area contributed by atoms with E-state index in [9.17, 15) is 9.59 Å². The Morgan fingerprint density at radius 3 is 2.06 bits per heavy atom. The van der Waals surface area contributed by atoms with Gasteiger partial charge in [-0.05, 0) is 60.0 Å². The predicted molar refractivity (Wildman–Crippen MR) is 122 cm³/mol. The number of carbonyl (C=O) groups is 1. The highest BCUT2D eigenvalue weighted by molar-refractivity contribution is 5.88. The molecule has 3 aromatic carbocycles. The molecule has 0 fully saturated rings. The molecule has 1 aromatic heterocycles. The van der Waals surface area contributed by atoms with Gasteiger partial charge in [0.05, 0.1) is 26.2 Å². The minimum atomic E-state index is -0.457. The van der Waals surface area contributed by atoms with Gasteiger partial charge in [-0.3, -0.25) is 4.79 Å². The zero-order chi connectivity index (χ0) is 22.7. The Balaban J connectivity index is 1.58. The van der Waals surface area contributed by atoms with E-state index in [0.29, 0.717) is 22.6 Å². The summed E-state index contributed by atoms with van der Waals surface area (Å²) in [5.74, 6) is 1.33. The van der Waals surface area contributed by atoms with Gasteiger partial charge in [0.15, 0.2) is 0 Å². The molecular weight excluding hydrogens is 408 g/mol. The maximum atomic E-state index is 12.7. The number of ether oxygens (including phenoxy) is 3. The second-order valence-corrected chi connectivity index (χ2v) is 7.27. The molecule has 0 aliphatic heterocycles. The van der Waals surface area contributed by atoms with Gasteiger partial charge in [0.25, 0.3) is 0 Å². The number of hydrogen-bond acceptors (Lipinski definition) is 6. The Kier molecular flexibility index (Phi) is 5.94. The van der Waals surface area contributed by atoms with Crippen LogP contribution in [-0.4, -0.2) is 20.2 Å². The van der Waals surface area contributed by atoms with Crippen molar-refractivity contribution < 1.29 is 23.4 Å². The van der Waals surface area contributed by atoms with Crippen molar-refractivity contribution in [2.24, 2.45) is 0 Å². The first-order valence-electron chi connectivity index (χ1n) is 10.0. The van der Waals surface area contributed by atoms with Crippen molar-refractivity contribution >= 4 is 16.9 Å². The molecule has 0 bridgehead atoms. The first-order valence-corrected chi connectivity index (χ1v) is 10.0. The standard InChI is InChI=1S/C26H22O6/c1-16-22-13-12-21(31-24(27)14-17-4-8-19(29-2)9-5-17)15-23(22)32-26(28)25(16)18-6-10-20(30-3)11-7-18/h4-13,15H,14H2,1-3H3. The van der Waals surface area contributed by atoms with E-state index in [1.165, 1.54) is 0 Å². The summed E-state index contributed by atoms with van der Waals surface area (Å²) in [6.45, 7) is 1.87. The SMILES string of the molecule is COc1ccc(CC(=O)Oc2ccc3c(C)c(-c4ccc(OC)cc4)c(=O)oc3c2)cc1. The predicted octanol–water partition coefficient (Wildman–Crippen LogP) is 4.93. The van der Waals surface area contributed by atoms with Gasteiger partial charge in [0, 0.05) is 11.5 Å². The van der Waals surface area contributed by atoms with Crippen LogP contribution in [0, 0.1) is 6.92 Å². The van der Waals surface area contributed by atoms with E-state index < -0.39 is 11.6 Å². The summed E-state index contributed by atoms with van der Waals surface area (Å²) < 4.78 is 21.3. The highest BCUT2D eigenvalue weighted by atomic mass is 16.5. The lowest BCUT2D eigenvalue weighted by Crippen LogP contribution is -2.11. The summed E-state index contributed by atoms with van der Waals surface area (Å²) >= 11 is 0. The van der Waals surface area contributed by atoms with Crippen LogP contribution in [0.4, 0.5) is 0 Å². The third kappa shape index (κ3) is 4.34. The van der Waals surface area contributed by atoms with Gasteiger partial charge in [0.1, 0.15) is 22.8 Å². The highest BCUT2D eigenvalue weighted by Gasteiger charge is 2.15. The lowest BCUT2D eigenvalue weighted by atomic mass is 9.99. The van der Waals surface area contributed by atoms with Gasteiger partial charge in [-0.15, -0.1) is 0 Å². The molecule has 4 rings (SSSR count). The van der Waals surface area contributed by atoms with Crippen molar-refractivity contribution in [3.63, 3.8) is 0 Å². The second-order valence-electron chi connectivity index (χ2n) is 7.27. The molecule has 0 unspecified atom stereocenters. The van der Waals surface area contributed by atoms with Gasteiger partial charge in [-0.25, -0.2) is 4.79 Å².